The molecule has 2 aromatic carbocycles. The highest BCUT2D eigenvalue weighted by atomic mass is 35.5. The topological polar surface area (TPSA) is 89.6 Å². The van der Waals surface area contributed by atoms with Crippen molar-refractivity contribution in [3.63, 3.8) is 0 Å². The SMILES string of the molecule is CCSSC[C@H](NC(=O)OCc1ccccc1)C(=O)N1CCN(Cc2ccc(OC)c(OC)c2OC)CC1.Cl. The third-order valence-corrected chi connectivity index (χ3v) is 8.59. The number of halogens is 1. The number of nitrogens with one attached hydrogen (secondary N) is 1. The Morgan fingerprint density at radius 3 is 2.23 bits per heavy atom. The zero-order valence-corrected chi connectivity index (χ0v) is 25.3. The monoisotopic (exact) mass is 599 g/mol. The van der Waals surface area contributed by atoms with Gasteiger partial charge in [-0.3, -0.25) is 9.69 Å². The van der Waals surface area contributed by atoms with Crippen LogP contribution in [0.25, 0.3) is 0 Å². The number of benzene rings is 2. The lowest BCUT2D eigenvalue weighted by molar-refractivity contribution is -0.134. The lowest BCUT2D eigenvalue weighted by atomic mass is 10.1. The number of alkyl carbamates (subject to hydrolysis) is 1. The van der Waals surface area contributed by atoms with Crippen LogP contribution in [0.4, 0.5) is 4.79 Å². The van der Waals surface area contributed by atoms with Crippen LogP contribution in [0.1, 0.15) is 18.1 Å². The van der Waals surface area contributed by atoms with E-state index < -0.39 is 12.1 Å². The van der Waals surface area contributed by atoms with Crippen LogP contribution in [0, 0.1) is 0 Å². The van der Waals surface area contributed by atoms with Gasteiger partial charge in [0.1, 0.15) is 12.6 Å². The summed E-state index contributed by atoms with van der Waals surface area (Å²) in [6, 6.07) is 12.7. The molecule has 1 saturated heterocycles. The van der Waals surface area contributed by atoms with Crippen molar-refractivity contribution in [2.24, 2.45) is 0 Å². The van der Waals surface area contributed by atoms with Gasteiger partial charge in [-0.1, -0.05) is 64.9 Å². The van der Waals surface area contributed by atoms with E-state index in [0.717, 1.165) is 16.9 Å². The van der Waals surface area contributed by atoms with Gasteiger partial charge in [-0.15, -0.1) is 12.4 Å². The molecule has 216 valence electrons. The van der Waals surface area contributed by atoms with Crippen LogP contribution in [0.5, 0.6) is 17.2 Å². The highest BCUT2D eigenvalue weighted by molar-refractivity contribution is 8.76. The number of carbonyl (C=O) groups excluding carboxylic acids is 2. The highest BCUT2D eigenvalue weighted by Crippen LogP contribution is 2.40. The summed E-state index contributed by atoms with van der Waals surface area (Å²) in [5, 5.41) is 2.79. The third-order valence-electron chi connectivity index (χ3n) is 6.10. The number of hydrogen-bond donors (Lipinski definition) is 1. The second kappa shape index (κ2) is 17.3. The van der Waals surface area contributed by atoms with Crippen molar-refractivity contribution in [3.05, 3.63) is 53.6 Å². The van der Waals surface area contributed by atoms with E-state index in [1.165, 1.54) is 0 Å². The molecule has 1 aliphatic rings. The summed E-state index contributed by atoms with van der Waals surface area (Å²) < 4.78 is 21.9. The summed E-state index contributed by atoms with van der Waals surface area (Å²) in [5.74, 6) is 3.13. The number of piperazine rings is 1. The molecule has 2 amide bonds. The summed E-state index contributed by atoms with van der Waals surface area (Å²) in [4.78, 5) is 30.0. The van der Waals surface area contributed by atoms with E-state index in [0.29, 0.717) is 55.7 Å². The largest absolute Gasteiger partial charge is 0.493 e. The summed E-state index contributed by atoms with van der Waals surface area (Å²) in [7, 11) is 8.04. The first-order valence-electron chi connectivity index (χ1n) is 12.5. The normalized spacial score (nSPS) is 14.1. The fraction of sp³-hybridized carbons (Fsp3) is 0.481. The zero-order chi connectivity index (χ0) is 27.3. The van der Waals surface area contributed by atoms with Gasteiger partial charge in [0.2, 0.25) is 11.7 Å². The summed E-state index contributed by atoms with van der Waals surface area (Å²) in [6.45, 7) is 5.40. The van der Waals surface area contributed by atoms with Gasteiger partial charge in [0.05, 0.1) is 21.3 Å². The molecule has 1 aliphatic heterocycles. The lowest BCUT2D eigenvalue weighted by Gasteiger charge is -2.36. The Morgan fingerprint density at radius 2 is 1.62 bits per heavy atom. The van der Waals surface area contributed by atoms with E-state index in [4.69, 9.17) is 18.9 Å². The maximum absolute atomic E-state index is 13.4. The van der Waals surface area contributed by atoms with Gasteiger partial charge >= 0.3 is 6.09 Å². The van der Waals surface area contributed by atoms with Crippen molar-refractivity contribution in [2.45, 2.75) is 26.1 Å². The fourth-order valence-electron chi connectivity index (χ4n) is 4.16. The van der Waals surface area contributed by atoms with Crippen LogP contribution in [0.2, 0.25) is 0 Å². The number of amides is 2. The molecule has 0 bridgehead atoms. The average molecular weight is 600 g/mol. The Hall–Kier alpha value is -2.47. The van der Waals surface area contributed by atoms with E-state index in [1.807, 2.05) is 47.4 Å². The molecule has 0 aromatic heterocycles. The molecule has 39 heavy (non-hydrogen) atoms. The molecule has 0 saturated carbocycles. The number of ether oxygens (including phenoxy) is 4. The minimum Gasteiger partial charge on any atom is -0.493 e. The number of carbonyl (C=O) groups is 2. The Morgan fingerprint density at radius 1 is 0.923 bits per heavy atom. The van der Waals surface area contributed by atoms with Crippen LogP contribution in [0.15, 0.2) is 42.5 Å². The average Bonchev–Trinajstić information content (AvgIpc) is 2.95. The summed E-state index contributed by atoms with van der Waals surface area (Å²) in [5.41, 5.74) is 1.88. The van der Waals surface area contributed by atoms with Crippen molar-refractivity contribution in [1.29, 1.82) is 0 Å². The van der Waals surface area contributed by atoms with E-state index in [-0.39, 0.29) is 24.9 Å². The van der Waals surface area contributed by atoms with E-state index in [9.17, 15) is 9.59 Å². The Labute approximate surface area is 245 Å². The van der Waals surface area contributed by atoms with E-state index in [1.54, 1.807) is 42.9 Å². The fourth-order valence-corrected chi connectivity index (χ4v) is 5.98. The molecule has 3 rings (SSSR count). The minimum absolute atomic E-state index is 0. The molecule has 0 unspecified atom stereocenters. The number of rotatable bonds is 13. The van der Waals surface area contributed by atoms with Crippen LogP contribution in [-0.2, 0) is 22.7 Å². The zero-order valence-electron chi connectivity index (χ0n) is 22.8. The standard InChI is InChI=1S/C27H37N3O6S2.ClH/c1-5-37-38-19-22(28-27(32)36-18-20-9-7-6-8-10-20)26(31)30-15-13-29(14-16-30)17-21-11-12-23(33-2)25(35-4)24(21)34-3;/h6-12,22H,5,13-19H2,1-4H3,(H,28,32);1H/t22-;/m0./s1. The summed E-state index contributed by atoms with van der Waals surface area (Å²) in [6.07, 6.45) is -0.589. The second-order valence-corrected chi connectivity index (χ2v) is 11.3. The Kier molecular flexibility index (Phi) is 14.5. The van der Waals surface area contributed by atoms with Crippen LogP contribution >= 0.6 is 34.0 Å². The molecular weight excluding hydrogens is 562 g/mol. The first-order chi connectivity index (χ1) is 18.5. The molecule has 9 nitrogen and oxygen atoms in total. The minimum atomic E-state index is -0.653. The molecule has 2 aromatic rings. The van der Waals surface area contributed by atoms with Crippen molar-refractivity contribution >= 4 is 46.0 Å². The molecule has 1 atom stereocenters. The lowest BCUT2D eigenvalue weighted by Crippen LogP contribution is -2.55. The van der Waals surface area contributed by atoms with Gasteiger partial charge in [0.15, 0.2) is 11.5 Å². The van der Waals surface area contributed by atoms with Crippen LogP contribution < -0.4 is 19.5 Å². The Bertz CT molecular complexity index is 1040. The Balaban J connectivity index is 0.00000533. The third kappa shape index (κ3) is 9.59. The smallest absolute Gasteiger partial charge is 0.408 e. The number of methoxy groups -OCH3 is 3. The number of nitrogens with zero attached hydrogens (tertiary/aromatic N) is 2. The number of hydrogen-bond acceptors (Lipinski definition) is 9. The van der Waals surface area contributed by atoms with Gasteiger partial charge in [-0.2, -0.15) is 0 Å². The van der Waals surface area contributed by atoms with E-state index >= 15 is 0 Å². The molecule has 0 aliphatic carbocycles. The van der Waals surface area contributed by atoms with E-state index in [2.05, 4.69) is 17.1 Å². The van der Waals surface area contributed by atoms with Crippen molar-refractivity contribution in [2.75, 3.05) is 59.0 Å². The maximum Gasteiger partial charge on any atom is 0.408 e. The van der Waals surface area contributed by atoms with Gasteiger partial charge in [0.25, 0.3) is 0 Å². The van der Waals surface area contributed by atoms with Crippen molar-refractivity contribution in [1.82, 2.24) is 15.1 Å². The van der Waals surface area contributed by atoms with Crippen molar-refractivity contribution < 1.29 is 28.5 Å². The molecule has 0 radical (unpaired) electrons. The molecule has 0 spiro atoms. The first kappa shape index (κ1) is 32.7. The predicted octanol–water partition coefficient (Wildman–Crippen LogP) is 4.47. The highest BCUT2D eigenvalue weighted by Gasteiger charge is 2.30. The summed E-state index contributed by atoms with van der Waals surface area (Å²) >= 11 is 0. The maximum atomic E-state index is 13.4. The first-order valence-corrected chi connectivity index (χ1v) is 15.0. The second-order valence-electron chi connectivity index (χ2n) is 8.54. The molecular formula is C27H38ClN3O6S2. The predicted molar refractivity (Wildman–Crippen MR) is 159 cm³/mol. The van der Waals surface area contributed by atoms with Crippen molar-refractivity contribution in [3.8, 4) is 17.2 Å². The molecule has 1 heterocycles. The quantitative estimate of drug-likeness (QED) is 0.264. The van der Waals surface area contributed by atoms with Gasteiger partial charge in [-0.05, 0) is 11.6 Å². The molecule has 1 N–H and O–H groups in total. The van der Waals surface area contributed by atoms with Crippen LogP contribution in [0.3, 0.4) is 0 Å². The van der Waals surface area contributed by atoms with Gasteiger partial charge in [0, 0.05) is 49.8 Å². The molecule has 12 heteroatoms. The molecule has 1 fully saturated rings. The van der Waals surface area contributed by atoms with Crippen LogP contribution in [-0.4, -0.2) is 86.9 Å². The van der Waals surface area contributed by atoms with Gasteiger partial charge in [-0.25, -0.2) is 4.79 Å². The van der Waals surface area contributed by atoms with Gasteiger partial charge < -0.3 is 29.2 Å².